The largest absolute Gasteiger partial charge is 0.391 e. The maximum absolute atomic E-state index is 12.3. The molecule has 0 saturated heterocycles. The first kappa shape index (κ1) is 53.8. The summed E-state index contributed by atoms with van der Waals surface area (Å²) < 4.78 is 0. The van der Waals surface area contributed by atoms with E-state index >= 15 is 0 Å². The van der Waals surface area contributed by atoms with Gasteiger partial charge in [-0.2, -0.15) is 0 Å². The number of carbonyl (C=O) groups is 2. The van der Waals surface area contributed by atoms with Gasteiger partial charge in [0, 0.05) is 25.8 Å². The molecule has 326 valence electrons. The quantitative estimate of drug-likeness (QED) is 0.0478. The molecule has 0 spiro atoms. The Balaban J connectivity index is 3.32. The van der Waals surface area contributed by atoms with Crippen LogP contribution in [0.2, 0.25) is 0 Å². The highest BCUT2D eigenvalue weighted by molar-refractivity contribution is 5.78. The molecule has 0 aliphatic heterocycles. The third-order valence-corrected chi connectivity index (χ3v) is 11.8. The number of unbranched alkanes of at least 4 members (excludes halogenated alkanes) is 35. The van der Waals surface area contributed by atoms with Crippen molar-refractivity contribution < 1.29 is 14.7 Å². The van der Waals surface area contributed by atoms with Gasteiger partial charge in [-0.15, -0.1) is 0 Å². The zero-order chi connectivity index (χ0) is 40.0. The predicted octanol–water partition coefficient (Wildman–Crippen LogP) is 16.4. The lowest BCUT2D eigenvalue weighted by Crippen LogP contribution is -2.31. The van der Waals surface area contributed by atoms with E-state index in [0.29, 0.717) is 18.7 Å². The summed E-state index contributed by atoms with van der Waals surface area (Å²) in [5.41, 5.74) is 0. The number of hydrogen-bond acceptors (Lipinski definition) is 3. The minimum atomic E-state index is -0.409. The van der Waals surface area contributed by atoms with E-state index in [1.807, 2.05) is 0 Å². The van der Waals surface area contributed by atoms with Crippen LogP contribution in [0.3, 0.4) is 0 Å². The summed E-state index contributed by atoms with van der Waals surface area (Å²) in [4.78, 5) is 24.4. The van der Waals surface area contributed by atoms with Crippen LogP contribution in [0.15, 0.2) is 12.2 Å². The van der Waals surface area contributed by atoms with Gasteiger partial charge in [-0.3, -0.25) is 9.59 Å². The van der Waals surface area contributed by atoms with Crippen molar-refractivity contribution in [2.75, 3.05) is 6.54 Å². The van der Waals surface area contributed by atoms with Crippen LogP contribution in [0.4, 0.5) is 0 Å². The molecule has 55 heavy (non-hydrogen) atoms. The Bertz CT molecular complexity index is 795. The number of nitrogens with one attached hydrogen (secondary N) is 1. The first-order valence-electron chi connectivity index (χ1n) is 25.2. The zero-order valence-corrected chi connectivity index (χ0v) is 37.6. The van der Waals surface area contributed by atoms with Crippen LogP contribution in [-0.4, -0.2) is 29.4 Å². The number of amides is 1. The van der Waals surface area contributed by atoms with Gasteiger partial charge in [-0.05, 0) is 51.4 Å². The predicted molar refractivity (Wildman–Crippen MR) is 243 cm³/mol. The minimum Gasteiger partial charge on any atom is -0.391 e. The Kier molecular flexibility index (Phi) is 46.2. The monoisotopic (exact) mass is 774 g/mol. The number of aliphatic hydroxyl groups is 1. The molecule has 4 nitrogen and oxygen atoms in total. The maximum Gasteiger partial charge on any atom is 0.220 e. The summed E-state index contributed by atoms with van der Waals surface area (Å²) in [5.74, 6) is 0.560. The molecule has 0 aliphatic rings. The van der Waals surface area contributed by atoms with Crippen LogP contribution in [0, 0.1) is 0 Å². The standard InChI is InChI=1S/C51H99NO3/c1-3-5-7-9-11-13-15-17-19-20-21-22-23-25-26-28-32-36-40-44-49(53)45-41-37-33-30-31-35-39-43-47-51(55)52-48-50(54)46-42-38-34-29-27-24-18-16-14-12-10-8-6-4-2/h17,19,50,54H,3-16,18,20-48H2,1-2H3,(H,52,55)/t50-/m1/s1. The van der Waals surface area contributed by atoms with Gasteiger partial charge in [-0.25, -0.2) is 0 Å². The smallest absolute Gasteiger partial charge is 0.220 e. The van der Waals surface area contributed by atoms with Crippen LogP contribution in [0.25, 0.3) is 0 Å². The highest BCUT2D eigenvalue weighted by Crippen LogP contribution is 2.16. The fourth-order valence-electron chi connectivity index (χ4n) is 7.89. The number of hydrogen-bond donors (Lipinski definition) is 2. The van der Waals surface area contributed by atoms with Gasteiger partial charge in [0.1, 0.15) is 5.78 Å². The molecule has 0 bridgehead atoms. The topological polar surface area (TPSA) is 66.4 Å². The molecule has 4 heteroatoms. The molecule has 0 heterocycles. The molecule has 0 saturated carbocycles. The Morgan fingerprint density at radius 2 is 0.691 bits per heavy atom. The van der Waals surface area contributed by atoms with Gasteiger partial charge >= 0.3 is 0 Å². The molecular formula is C51H99NO3. The van der Waals surface area contributed by atoms with Crippen molar-refractivity contribution in [3.8, 4) is 0 Å². The molecule has 0 radical (unpaired) electrons. The molecule has 0 aromatic carbocycles. The van der Waals surface area contributed by atoms with E-state index < -0.39 is 6.10 Å². The lowest BCUT2D eigenvalue weighted by atomic mass is 10.0. The fourth-order valence-corrected chi connectivity index (χ4v) is 7.89. The average Bonchev–Trinajstić information content (AvgIpc) is 3.18. The van der Waals surface area contributed by atoms with Crippen molar-refractivity contribution in [3.05, 3.63) is 12.2 Å². The number of ketones is 1. The van der Waals surface area contributed by atoms with Crippen molar-refractivity contribution in [2.24, 2.45) is 0 Å². The van der Waals surface area contributed by atoms with E-state index in [4.69, 9.17) is 0 Å². The Morgan fingerprint density at radius 1 is 0.400 bits per heavy atom. The van der Waals surface area contributed by atoms with Crippen molar-refractivity contribution in [1.29, 1.82) is 0 Å². The van der Waals surface area contributed by atoms with Crippen molar-refractivity contribution in [2.45, 2.75) is 296 Å². The summed E-state index contributed by atoms with van der Waals surface area (Å²) >= 11 is 0. The molecule has 2 N–H and O–H groups in total. The van der Waals surface area contributed by atoms with Gasteiger partial charge in [-0.1, -0.05) is 231 Å². The third-order valence-electron chi connectivity index (χ3n) is 11.8. The molecule has 1 atom stereocenters. The van der Waals surface area contributed by atoms with Crippen LogP contribution >= 0.6 is 0 Å². The van der Waals surface area contributed by atoms with E-state index in [9.17, 15) is 14.7 Å². The van der Waals surface area contributed by atoms with Gasteiger partial charge in [0.2, 0.25) is 5.91 Å². The lowest BCUT2D eigenvalue weighted by Gasteiger charge is -2.12. The molecule has 0 aromatic rings. The Hall–Kier alpha value is -1.16. The van der Waals surface area contributed by atoms with Gasteiger partial charge in [0.05, 0.1) is 6.10 Å². The van der Waals surface area contributed by atoms with Gasteiger partial charge < -0.3 is 10.4 Å². The second-order valence-corrected chi connectivity index (χ2v) is 17.5. The highest BCUT2D eigenvalue weighted by atomic mass is 16.3. The van der Waals surface area contributed by atoms with E-state index in [1.165, 1.54) is 218 Å². The fraction of sp³-hybridized carbons (Fsp3) is 0.922. The highest BCUT2D eigenvalue weighted by Gasteiger charge is 2.07. The third kappa shape index (κ3) is 47.1. The van der Waals surface area contributed by atoms with E-state index in [1.54, 1.807) is 0 Å². The first-order chi connectivity index (χ1) is 27.1. The minimum absolute atomic E-state index is 0.0862. The summed E-state index contributed by atoms with van der Waals surface area (Å²) in [7, 11) is 0. The zero-order valence-electron chi connectivity index (χ0n) is 37.6. The molecule has 0 rings (SSSR count). The lowest BCUT2D eigenvalue weighted by molar-refractivity contribution is -0.121. The van der Waals surface area contributed by atoms with Gasteiger partial charge in [0.15, 0.2) is 0 Å². The number of rotatable bonds is 47. The Labute approximate surface area is 345 Å². The first-order valence-corrected chi connectivity index (χ1v) is 25.2. The summed E-state index contributed by atoms with van der Waals surface area (Å²) in [6.07, 6.45) is 58.0. The molecular weight excluding hydrogens is 675 g/mol. The van der Waals surface area contributed by atoms with Crippen molar-refractivity contribution >= 4 is 11.7 Å². The second kappa shape index (κ2) is 47.2. The summed E-state index contributed by atoms with van der Waals surface area (Å²) in [6.45, 7) is 4.97. The number of allylic oxidation sites excluding steroid dienone is 2. The van der Waals surface area contributed by atoms with E-state index in [2.05, 4.69) is 31.3 Å². The number of Topliss-reactive ketones (excluding diaryl/α,β-unsaturated/α-hetero) is 1. The molecule has 0 aliphatic carbocycles. The van der Waals surface area contributed by atoms with Crippen LogP contribution in [-0.2, 0) is 9.59 Å². The summed E-state index contributed by atoms with van der Waals surface area (Å²) in [5, 5.41) is 13.2. The maximum atomic E-state index is 12.3. The van der Waals surface area contributed by atoms with E-state index in [-0.39, 0.29) is 5.91 Å². The summed E-state index contributed by atoms with van der Waals surface area (Å²) in [6, 6.07) is 0. The average molecular weight is 774 g/mol. The molecule has 0 aromatic heterocycles. The normalized spacial score (nSPS) is 12.2. The van der Waals surface area contributed by atoms with Crippen molar-refractivity contribution in [3.63, 3.8) is 0 Å². The molecule has 0 unspecified atom stereocenters. The van der Waals surface area contributed by atoms with Gasteiger partial charge in [0.25, 0.3) is 0 Å². The number of aliphatic hydroxyl groups excluding tert-OH is 1. The SMILES string of the molecule is CCCCCCCCC=CCCCCCCCCCCCC(=O)CCCCCCCCCCC(=O)NC[C@H](O)CCCCCCCCCCCCCCCC. The molecule has 1 amide bonds. The molecule has 0 fully saturated rings. The van der Waals surface area contributed by atoms with Crippen LogP contribution < -0.4 is 5.32 Å². The number of carbonyl (C=O) groups excluding carboxylic acids is 2. The Morgan fingerprint density at radius 3 is 1.05 bits per heavy atom. The van der Waals surface area contributed by atoms with Crippen molar-refractivity contribution in [1.82, 2.24) is 5.32 Å². The second-order valence-electron chi connectivity index (χ2n) is 17.5. The van der Waals surface area contributed by atoms with Crippen LogP contribution in [0.1, 0.15) is 290 Å². The van der Waals surface area contributed by atoms with Crippen LogP contribution in [0.5, 0.6) is 0 Å². The van der Waals surface area contributed by atoms with E-state index in [0.717, 1.165) is 51.4 Å².